The van der Waals surface area contributed by atoms with Crippen LogP contribution in [-0.4, -0.2) is 59.5 Å². The highest BCUT2D eigenvalue weighted by molar-refractivity contribution is 5.31. The Labute approximate surface area is 182 Å². The smallest absolute Gasteiger partial charge is 0.214 e. The van der Waals surface area contributed by atoms with Crippen molar-refractivity contribution < 1.29 is 18.9 Å². The highest BCUT2D eigenvalue weighted by Crippen LogP contribution is 2.21. The predicted octanol–water partition coefficient (Wildman–Crippen LogP) is 0.152. The van der Waals surface area contributed by atoms with Gasteiger partial charge in [-0.1, -0.05) is 12.1 Å². The number of quaternary nitrogens is 2. The Morgan fingerprint density at radius 2 is 1.71 bits per heavy atom. The summed E-state index contributed by atoms with van der Waals surface area (Å²) in [7, 11) is 0. The van der Waals surface area contributed by atoms with Crippen LogP contribution in [-0.2, 0) is 6.54 Å². The van der Waals surface area contributed by atoms with E-state index < -0.39 is 0 Å². The molecule has 0 aliphatic carbocycles. The summed E-state index contributed by atoms with van der Waals surface area (Å²) in [4.78, 5) is 3.11. The number of likely N-dealkylation sites (N-methyl/N-ethyl adjacent to an activating group) is 1. The van der Waals surface area contributed by atoms with E-state index in [2.05, 4.69) is 34.6 Å². The molecule has 3 aromatic rings. The van der Waals surface area contributed by atoms with Gasteiger partial charge in [-0.3, -0.25) is 0 Å². The molecule has 1 saturated heterocycles. The Kier molecular flexibility index (Phi) is 6.89. The lowest BCUT2D eigenvalue weighted by molar-refractivity contribution is -1.02. The normalized spacial score (nSPS) is 19.8. The molecule has 0 bridgehead atoms. The first-order chi connectivity index (χ1) is 15.2. The number of aromatic nitrogens is 4. The molecule has 0 amide bonds. The Morgan fingerprint density at radius 3 is 2.35 bits per heavy atom. The largest absolute Gasteiger partial charge is 0.494 e. The SMILES string of the molecule is CCOc1ccc([C@@H](c2nnnn2Cc2ccc(F)cc2)[NH+]2CC[NH+](CC)CC2)cc1. The number of piperazine rings is 1. The van der Waals surface area contributed by atoms with Crippen molar-refractivity contribution in [1.29, 1.82) is 0 Å². The predicted molar refractivity (Wildman–Crippen MR) is 115 cm³/mol. The molecule has 1 aromatic heterocycles. The molecule has 1 atom stereocenters. The van der Waals surface area contributed by atoms with Crippen molar-refractivity contribution in [2.45, 2.75) is 26.4 Å². The molecule has 4 rings (SSSR count). The first-order valence-electron chi connectivity index (χ1n) is 11.1. The number of tetrazole rings is 1. The molecule has 1 aliphatic heterocycles. The van der Waals surface area contributed by atoms with Gasteiger partial charge in [0, 0.05) is 5.56 Å². The first-order valence-corrected chi connectivity index (χ1v) is 11.1. The van der Waals surface area contributed by atoms with Crippen molar-refractivity contribution in [3.8, 4) is 5.75 Å². The summed E-state index contributed by atoms with van der Waals surface area (Å²) in [5.74, 6) is 1.46. The summed E-state index contributed by atoms with van der Waals surface area (Å²) in [6.45, 7) is 10.9. The van der Waals surface area contributed by atoms with Crippen molar-refractivity contribution in [2.75, 3.05) is 39.3 Å². The minimum Gasteiger partial charge on any atom is -0.494 e. The zero-order valence-corrected chi connectivity index (χ0v) is 18.2. The third-order valence-corrected chi connectivity index (χ3v) is 6.10. The Bertz CT molecular complexity index is 951. The van der Waals surface area contributed by atoms with Crippen LogP contribution in [0.2, 0.25) is 0 Å². The number of benzene rings is 2. The van der Waals surface area contributed by atoms with E-state index in [1.54, 1.807) is 17.0 Å². The van der Waals surface area contributed by atoms with Gasteiger partial charge in [0.2, 0.25) is 5.82 Å². The van der Waals surface area contributed by atoms with Crippen LogP contribution in [0, 0.1) is 5.82 Å². The van der Waals surface area contributed by atoms with Gasteiger partial charge >= 0.3 is 0 Å². The fourth-order valence-electron chi connectivity index (χ4n) is 4.35. The van der Waals surface area contributed by atoms with Crippen molar-refractivity contribution in [3.63, 3.8) is 0 Å². The molecule has 0 saturated carbocycles. The summed E-state index contributed by atoms with van der Waals surface area (Å²) in [5.41, 5.74) is 2.14. The maximum atomic E-state index is 13.3. The van der Waals surface area contributed by atoms with Crippen LogP contribution >= 0.6 is 0 Å². The first kappa shape index (κ1) is 21.4. The average molecular weight is 427 g/mol. The summed E-state index contributed by atoms with van der Waals surface area (Å²) in [5, 5.41) is 12.7. The molecule has 0 radical (unpaired) electrons. The number of hydrogen-bond donors (Lipinski definition) is 2. The Balaban J connectivity index is 1.64. The quantitative estimate of drug-likeness (QED) is 0.539. The number of hydrogen-bond acceptors (Lipinski definition) is 4. The third kappa shape index (κ3) is 5.08. The van der Waals surface area contributed by atoms with Gasteiger partial charge in [0.25, 0.3) is 0 Å². The second kappa shape index (κ2) is 9.98. The van der Waals surface area contributed by atoms with Crippen molar-refractivity contribution in [3.05, 3.63) is 71.3 Å². The van der Waals surface area contributed by atoms with Gasteiger partial charge in [-0.15, -0.1) is 5.10 Å². The van der Waals surface area contributed by atoms with Gasteiger partial charge in [0.05, 0.1) is 19.7 Å². The second-order valence-corrected chi connectivity index (χ2v) is 8.02. The Morgan fingerprint density at radius 1 is 1.00 bits per heavy atom. The van der Waals surface area contributed by atoms with E-state index in [0.29, 0.717) is 13.2 Å². The van der Waals surface area contributed by atoms with Crippen molar-refractivity contribution >= 4 is 0 Å². The van der Waals surface area contributed by atoms with Gasteiger partial charge in [-0.05, 0) is 66.2 Å². The van der Waals surface area contributed by atoms with Crippen molar-refractivity contribution in [1.82, 2.24) is 20.2 Å². The van der Waals surface area contributed by atoms with Crippen LogP contribution in [0.5, 0.6) is 5.75 Å². The lowest BCUT2D eigenvalue weighted by Crippen LogP contribution is -3.28. The van der Waals surface area contributed by atoms with E-state index >= 15 is 0 Å². The summed E-state index contributed by atoms with van der Waals surface area (Å²) < 4.78 is 20.8. The van der Waals surface area contributed by atoms with E-state index in [9.17, 15) is 4.39 Å². The molecule has 2 N–H and O–H groups in total. The molecule has 31 heavy (non-hydrogen) atoms. The summed E-state index contributed by atoms with van der Waals surface area (Å²) in [6.07, 6.45) is 0. The molecule has 7 nitrogen and oxygen atoms in total. The molecular formula is C23H31FN6O+2. The summed E-state index contributed by atoms with van der Waals surface area (Å²) in [6, 6.07) is 14.8. The highest BCUT2D eigenvalue weighted by atomic mass is 19.1. The average Bonchev–Trinajstić information content (AvgIpc) is 3.25. The van der Waals surface area contributed by atoms with Crippen LogP contribution < -0.4 is 14.5 Å². The monoisotopic (exact) mass is 426 g/mol. The van der Waals surface area contributed by atoms with Crippen LogP contribution in [0.4, 0.5) is 4.39 Å². The number of ether oxygens (including phenoxy) is 1. The fraction of sp³-hybridized carbons (Fsp3) is 0.435. The standard InChI is InChI=1S/C23H29FN6O/c1-3-28-13-15-29(16-14-28)22(19-7-11-21(12-8-19)31-4-2)23-25-26-27-30(23)17-18-5-9-20(24)10-6-18/h5-12,22H,3-4,13-17H2,1-2H3/p+2/t22-/m0/s1. The molecule has 0 spiro atoms. The minimum atomic E-state index is -0.242. The molecule has 1 fully saturated rings. The van der Waals surface area contributed by atoms with Gasteiger partial charge in [-0.2, -0.15) is 0 Å². The van der Waals surface area contributed by atoms with Crippen LogP contribution in [0.1, 0.15) is 36.8 Å². The maximum Gasteiger partial charge on any atom is 0.214 e. The van der Waals surface area contributed by atoms with Gasteiger partial charge in [-0.25, -0.2) is 9.07 Å². The molecule has 164 valence electrons. The fourth-order valence-corrected chi connectivity index (χ4v) is 4.35. The molecule has 8 heteroatoms. The molecule has 2 aromatic carbocycles. The van der Waals surface area contributed by atoms with E-state index in [1.165, 1.54) is 22.6 Å². The van der Waals surface area contributed by atoms with Gasteiger partial charge in [0.15, 0.2) is 6.04 Å². The molecule has 0 unspecified atom stereocenters. The van der Waals surface area contributed by atoms with E-state index in [-0.39, 0.29) is 11.9 Å². The zero-order chi connectivity index (χ0) is 21.6. The van der Waals surface area contributed by atoms with Crippen LogP contribution in [0.15, 0.2) is 48.5 Å². The van der Waals surface area contributed by atoms with Gasteiger partial charge < -0.3 is 14.5 Å². The van der Waals surface area contributed by atoms with E-state index in [1.807, 2.05) is 23.7 Å². The molecule has 1 aliphatic rings. The van der Waals surface area contributed by atoms with Crippen LogP contribution in [0.25, 0.3) is 0 Å². The highest BCUT2D eigenvalue weighted by Gasteiger charge is 2.35. The zero-order valence-electron chi connectivity index (χ0n) is 18.2. The maximum absolute atomic E-state index is 13.3. The molecule has 2 heterocycles. The Hall–Kier alpha value is -2.84. The van der Waals surface area contributed by atoms with Crippen molar-refractivity contribution in [2.24, 2.45) is 0 Å². The number of halogens is 1. The summed E-state index contributed by atoms with van der Waals surface area (Å²) >= 11 is 0. The van der Waals surface area contributed by atoms with Crippen LogP contribution in [0.3, 0.4) is 0 Å². The third-order valence-electron chi connectivity index (χ3n) is 6.10. The lowest BCUT2D eigenvalue weighted by atomic mass is 10.0. The topological polar surface area (TPSA) is 61.7 Å². The minimum absolute atomic E-state index is 0.0320. The number of rotatable bonds is 8. The van der Waals surface area contributed by atoms with E-state index in [0.717, 1.165) is 49.9 Å². The van der Waals surface area contributed by atoms with Gasteiger partial charge in [0.1, 0.15) is 37.7 Å². The van der Waals surface area contributed by atoms with E-state index in [4.69, 9.17) is 4.74 Å². The number of nitrogens with zero attached hydrogens (tertiary/aromatic N) is 4. The lowest BCUT2D eigenvalue weighted by Gasteiger charge is -2.33. The second-order valence-electron chi connectivity index (χ2n) is 8.02. The number of nitrogens with one attached hydrogen (secondary N) is 2. The molecular weight excluding hydrogens is 395 g/mol.